The monoisotopic (exact) mass is 697 g/mol. The Kier molecular flexibility index (Phi) is 11.2. The predicted octanol–water partition coefficient (Wildman–Crippen LogP) is 4.75. The number of hydrogen-bond acceptors (Lipinski definition) is 12. The molecule has 6 N–H and O–H groups in total. The number of anilines is 1. The van der Waals surface area contributed by atoms with Crippen molar-refractivity contribution in [2.75, 3.05) is 12.4 Å². The number of ketones is 1. The number of nitrogens with one attached hydrogen (secondary N) is 1. The first-order chi connectivity index (χ1) is 23.4. The normalized spacial score (nSPS) is 33.2. The lowest BCUT2D eigenvalue weighted by Gasteiger charge is -2.38. The topological polar surface area (TPSA) is 201 Å². The Morgan fingerprint density at radius 3 is 2.22 bits per heavy atom. The van der Waals surface area contributed by atoms with Crippen LogP contribution in [0.3, 0.4) is 0 Å². The smallest absolute Gasteiger partial charge is 0.312 e. The Hall–Kier alpha value is -4.59. The quantitative estimate of drug-likeness (QED) is 0.143. The molecule has 9 unspecified atom stereocenters. The first-order valence-corrected chi connectivity index (χ1v) is 16.4. The van der Waals surface area contributed by atoms with Crippen LogP contribution in [-0.4, -0.2) is 80.5 Å². The second-order valence-corrected chi connectivity index (χ2v) is 13.4. The van der Waals surface area contributed by atoms with Crippen LogP contribution in [0.25, 0.3) is 10.8 Å². The Morgan fingerprint density at radius 1 is 0.940 bits per heavy atom. The van der Waals surface area contributed by atoms with Gasteiger partial charge in [0.15, 0.2) is 5.75 Å². The van der Waals surface area contributed by atoms with E-state index in [1.165, 1.54) is 53.2 Å². The van der Waals surface area contributed by atoms with Crippen LogP contribution in [0.1, 0.15) is 64.4 Å². The molecule has 13 heteroatoms. The lowest BCUT2D eigenvalue weighted by Crippen LogP contribution is -2.46. The van der Waals surface area contributed by atoms with Gasteiger partial charge in [0.25, 0.3) is 11.7 Å². The standard InChI is InChI=1S/C37H47NO12/c1-16-11-10-12-17(2)36(46)38-23-15-24(40)26-27(32(23)44)31(43)21(6)34-28(26)35(45)37(8,50-34)48-14-13-25(47-9)18(3)33(49-22(7)39)20(5)30(42)19(4)29(16)41/h10-16,18-20,25,29-30,33,40-44H,1-9H3,(H,38,46)/b11-10+,14-13+,17-12-. The Bertz CT molecular complexity index is 1760. The third-order valence-electron chi connectivity index (χ3n) is 9.84. The highest BCUT2D eigenvalue weighted by Crippen LogP contribution is 2.53. The maximum absolute atomic E-state index is 13.9. The molecule has 5 bridgehead atoms. The molecule has 0 spiro atoms. The molecule has 13 nitrogen and oxygen atoms in total. The second kappa shape index (κ2) is 14.7. The summed E-state index contributed by atoms with van der Waals surface area (Å²) in [6.07, 6.45) is 3.62. The van der Waals surface area contributed by atoms with Gasteiger partial charge in [0.2, 0.25) is 0 Å². The van der Waals surface area contributed by atoms with Crippen molar-refractivity contribution in [3.63, 3.8) is 0 Å². The van der Waals surface area contributed by atoms with Crippen molar-refractivity contribution < 1.29 is 58.9 Å². The molecular weight excluding hydrogens is 650 g/mol. The maximum atomic E-state index is 13.9. The number of methoxy groups -OCH3 is 1. The molecular formula is C37H47NO12. The van der Waals surface area contributed by atoms with Gasteiger partial charge in [0.1, 0.15) is 23.4 Å². The minimum Gasteiger partial charge on any atom is -0.507 e. The molecule has 9 atom stereocenters. The van der Waals surface area contributed by atoms with Crippen molar-refractivity contribution in [2.24, 2.45) is 23.7 Å². The van der Waals surface area contributed by atoms with Crippen molar-refractivity contribution in [3.8, 4) is 23.0 Å². The Labute approximate surface area is 290 Å². The van der Waals surface area contributed by atoms with E-state index in [0.29, 0.717) is 0 Å². The second-order valence-electron chi connectivity index (χ2n) is 13.4. The predicted molar refractivity (Wildman–Crippen MR) is 184 cm³/mol. The number of benzene rings is 2. The summed E-state index contributed by atoms with van der Waals surface area (Å²) in [4.78, 5) is 39.2. The number of Topliss-reactive ketones (excluding diaryl/α,β-unsaturated/α-hetero) is 1. The Balaban J connectivity index is 1.87. The minimum atomic E-state index is -1.98. The summed E-state index contributed by atoms with van der Waals surface area (Å²) in [5.74, 6) is -7.99. The van der Waals surface area contributed by atoms with Crippen LogP contribution in [0.2, 0.25) is 0 Å². The summed E-state index contributed by atoms with van der Waals surface area (Å²) in [6, 6.07) is 1.06. The molecule has 0 fully saturated rings. The molecule has 3 heterocycles. The number of carbonyl (C=O) groups excluding carboxylic acids is 3. The van der Waals surface area contributed by atoms with Gasteiger partial charge in [-0.2, -0.15) is 0 Å². The van der Waals surface area contributed by atoms with E-state index in [-0.39, 0.29) is 38.9 Å². The summed E-state index contributed by atoms with van der Waals surface area (Å²) in [5, 5.41) is 58.2. The van der Waals surface area contributed by atoms with Crippen LogP contribution < -0.4 is 10.1 Å². The van der Waals surface area contributed by atoms with E-state index >= 15 is 0 Å². The van der Waals surface area contributed by atoms with Gasteiger partial charge in [0.05, 0.1) is 41.2 Å². The number of rotatable bonds is 2. The van der Waals surface area contributed by atoms with Crippen LogP contribution >= 0.6 is 0 Å². The summed E-state index contributed by atoms with van der Waals surface area (Å²) < 4.78 is 23.2. The molecule has 1 amide bonds. The molecule has 0 aliphatic carbocycles. The molecule has 2 aromatic carbocycles. The zero-order valence-corrected chi connectivity index (χ0v) is 29.7. The molecule has 0 saturated heterocycles. The van der Waals surface area contributed by atoms with Crippen LogP contribution in [0.5, 0.6) is 23.0 Å². The number of allylic oxidation sites excluding steroid dienone is 2. The zero-order valence-electron chi connectivity index (χ0n) is 29.7. The first-order valence-electron chi connectivity index (χ1n) is 16.4. The molecule has 2 aromatic rings. The largest absolute Gasteiger partial charge is 0.507 e. The fourth-order valence-electron chi connectivity index (χ4n) is 6.65. The van der Waals surface area contributed by atoms with Gasteiger partial charge in [-0.3, -0.25) is 14.4 Å². The molecule has 0 saturated carbocycles. The maximum Gasteiger partial charge on any atom is 0.312 e. The van der Waals surface area contributed by atoms with E-state index in [9.17, 15) is 39.9 Å². The van der Waals surface area contributed by atoms with Crippen LogP contribution in [0.4, 0.5) is 5.69 Å². The summed E-state index contributed by atoms with van der Waals surface area (Å²) in [5.41, 5.74) is -0.0929. The molecule has 5 rings (SSSR count). The molecule has 0 aromatic heterocycles. The van der Waals surface area contributed by atoms with Gasteiger partial charge in [0, 0.05) is 67.2 Å². The lowest BCUT2D eigenvalue weighted by atomic mass is 9.78. The van der Waals surface area contributed by atoms with Gasteiger partial charge < -0.3 is 49.8 Å². The minimum absolute atomic E-state index is 0.0709. The number of aliphatic hydroxyl groups excluding tert-OH is 2. The summed E-state index contributed by atoms with van der Waals surface area (Å²) in [6.45, 7) is 12.5. The van der Waals surface area contributed by atoms with E-state index in [2.05, 4.69) is 5.32 Å². The third kappa shape index (κ3) is 7.03. The van der Waals surface area contributed by atoms with Crippen molar-refractivity contribution in [1.29, 1.82) is 0 Å². The molecule has 0 radical (unpaired) electrons. The average molecular weight is 698 g/mol. The summed E-state index contributed by atoms with van der Waals surface area (Å²) >= 11 is 0. The number of amides is 1. The first kappa shape index (κ1) is 38.2. The third-order valence-corrected chi connectivity index (χ3v) is 9.84. The van der Waals surface area contributed by atoms with Crippen LogP contribution in [0, 0.1) is 30.6 Å². The number of carbonyl (C=O) groups is 3. The van der Waals surface area contributed by atoms with E-state index in [1.54, 1.807) is 39.8 Å². The zero-order chi connectivity index (χ0) is 37.4. The van der Waals surface area contributed by atoms with Gasteiger partial charge in [-0.05, 0) is 19.9 Å². The molecule has 50 heavy (non-hydrogen) atoms. The number of phenolic OH excluding ortho intramolecular Hbond substituents is 3. The number of ether oxygens (including phenoxy) is 4. The number of phenols is 3. The van der Waals surface area contributed by atoms with Crippen molar-refractivity contribution in [2.45, 2.75) is 85.6 Å². The molecule has 3 aliphatic rings. The number of fused-ring (bicyclic) bond motifs is 14. The number of aromatic hydroxyl groups is 3. The van der Waals surface area contributed by atoms with Crippen molar-refractivity contribution >= 4 is 34.1 Å². The Morgan fingerprint density at radius 2 is 1.60 bits per heavy atom. The molecule has 272 valence electrons. The molecule has 3 aliphatic heterocycles. The lowest BCUT2D eigenvalue weighted by molar-refractivity contribution is -0.160. The van der Waals surface area contributed by atoms with Crippen LogP contribution in [0.15, 0.2) is 42.2 Å². The average Bonchev–Trinajstić information content (AvgIpc) is 3.33. The highest BCUT2D eigenvalue weighted by atomic mass is 16.7. The van der Waals surface area contributed by atoms with Gasteiger partial charge in [-0.15, -0.1) is 0 Å². The highest BCUT2D eigenvalue weighted by Gasteiger charge is 2.49. The van der Waals surface area contributed by atoms with Crippen molar-refractivity contribution in [3.05, 3.63) is 53.3 Å². The highest BCUT2D eigenvalue weighted by molar-refractivity contribution is 6.21. The fourth-order valence-corrected chi connectivity index (χ4v) is 6.65. The van der Waals surface area contributed by atoms with Gasteiger partial charge in [-0.25, -0.2) is 0 Å². The van der Waals surface area contributed by atoms with E-state index in [4.69, 9.17) is 18.9 Å². The van der Waals surface area contributed by atoms with Crippen LogP contribution in [-0.2, 0) is 23.8 Å². The van der Waals surface area contributed by atoms with Crippen molar-refractivity contribution in [1.82, 2.24) is 0 Å². The van der Waals surface area contributed by atoms with E-state index in [1.807, 2.05) is 0 Å². The number of esters is 1. The number of hydrogen-bond donors (Lipinski definition) is 6. The van der Waals surface area contributed by atoms with Gasteiger partial charge in [-0.1, -0.05) is 45.9 Å². The number of aliphatic hydroxyl groups is 2. The fraction of sp³-hybridized carbons (Fsp3) is 0.486. The SMILES string of the molecule is COC1/C=C/OC2(C)Oc3c(C)c(O)c4c(O)c(cc(O)c4c3C2=O)NC(=O)/C(C)=C\C=C\C(C)C(O)C(C)C(O)C(C)C(OC(C)=O)C1C. The van der Waals surface area contributed by atoms with Gasteiger partial charge >= 0.3 is 11.8 Å². The summed E-state index contributed by atoms with van der Waals surface area (Å²) in [7, 11) is 1.43. The van der Waals surface area contributed by atoms with E-state index < -0.39 is 88.8 Å². The van der Waals surface area contributed by atoms with E-state index in [0.717, 1.165) is 6.07 Å².